The Labute approximate surface area is 117 Å². The maximum absolute atomic E-state index is 11.6. The highest BCUT2D eigenvalue weighted by atomic mass is 35.5. The van der Waals surface area contributed by atoms with Crippen molar-refractivity contribution in [1.82, 2.24) is 4.72 Å². The molecule has 0 bridgehead atoms. The van der Waals surface area contributed by atoms with Gasteiger partial charge in [0, 0.05) is 17.0 Å². The van der Waals surface area contributed by atoms with Gasteiger partial charge < -0.3 is 0 Å². The number of nitro groups is 1. The molecule has 19 heavy (non-hydrogen) atoms. The van der Waals surface area contributed by atoms with Crippen LogP contribution in [0.4, 0.5) is 5.69 Å². The second-order valence-corrected chi connectivity index (χ2v) is 6.47. The van der Waals surface area contributed by atoms with Crippen LogP contribution in [0.2, 0.25) is 0 Å². The lowest BCUT2D eigenvalue weighted by Gasteiger charge is -2.09. The monoisotopic (exact) mass is 306 g/mol. The van der Waals surface area contributed by atoms with E-state index in [-0.39, 0.29) is 16.0 Å². The summed E-state index contributed by atoms with van der Waals surface area (Å²) in [5.74, 6) is 0. The summed E-state index contributed by atoms with van der Waals surface area (Å²) in [5.41, 5.74) is 0.206. The molecule has 1 N–H and O–H groups in total. The second kappa shape index (κ2) is 6.31. The van der Waals surface area contributed by atoms with Gasteiger partial charge in [0.05, 0.1) is 9.82 Å². The molecule has 0 saturated heterocycles. The molecule has 0 aromatic heterocycles. The Balaban J connectivity index is 3.27. The minimum atomic E-state index is -3.69. The van der Waals surface area contributed by atoms with Crippen molar-refractivity contribution in [1.29, 1.82) is 0 Å². The first-order valence-electron chi connectivity index (χ1n) is 5.66. The van der Waals surface area contributed by atoms with Gasteiger partial charge in [-0.2, -0.15) is 0 Å². The molecule has 0 heterocycles. The molecule has 1 aromatic rings. The van der Waals surface area contributed by atoms with E-state index in [0.29, 0.717) is 18.4 Å². The van der Waals surface area contributed by atoms with E-state index >= 15 is 0 Å². The quantitative estimate of drug-likeness (QED) is 0.495. The number of nitro benzene ring substituents is 1. The molecule has 8 heteroatoms. The van der Waals surface area contributed by atoms with Crippen molar-refractivity contribution in [3.63, 3.8) is 0 Å². The topological polar surface area (TPSA) is 89.3 Å². The van der Waals surface area contributed by atoms with E-state index in [2.05, 4.69) is 4.72 Å². The molecule has 0 spiro atoms. The zero-order valence-corrected chi connectivity index (χ0v) is 12.2. The van der Waals surface area contributed by atoms with Crippen molar-refractivity contribution < 1.29 is 13.3 Å². The number of alkyl halides is 1. The number of hydrogen-bond donors (Lipinski definition) is 1. The molecule has 0 radical (unpaired) electrons. The third kappa shape index (κ3) is 3.89. The smallest absolute Gasteiger partial charge is 0.258 e. The molecule has 6 nitrogen and oxygen atoms in total. The van der Waals surface area contributed by atoms with Crippen LogP contribution in [0.25, 0.3) is 0 Å². The maximum atomic E-state index is 11.6. The Morgan fingerprint density at radius 3 is 2.58 bits per heavy atom. The highest BCUT2D eigenvalue weighted by Gasteiger charge is 2.21. The van der Waals surface area contributed by atoms with Crippen LogP contribution < -0.4 is 4.72 Å². The first kappa shape index (κ1) is 15.9. The van der Waals surface area contributed by atoms with Crippen LogP contribution in [0, 0.1) is 10.1 Å². The number of benzene rings is 1. The van der Waals surface area contributed by atoms with E-state index in [0.717, 1.165) is 6.07 Å². The van der Waals surface area contributed by atoms with Crippen molar-refractivity contribution in [2.45, 2.75) is 30.0 Å². The van der Waals surface area contributed by atoms with Crippen LogP contribution in [0.5, 0.6) is 0 Å². The van der Waals surface area contributed by atoms with E-state index < -0.39 is 14.9 Å². The molecular weight excluding hydrogens is 292 g/mol. The third-order valence-corrected chi connectivity index (χ3v) is 4.59. The Hall–Kier alpha value is -1.18. The summed E-state index contributed by atoms with van der Waals surface area (Å²) in [7, 11) is -2.44. The molecule has 1 unspecified atom stereocenters. The Kier molecular flexibility index (Phi) is 5.28. The van der Waals surface area contributed by atoms with Gasteiger partial charge in [-0.15, -0.1) is 11.6 Å². The van der Waals surface area contributed by atoms with Gasteiger partial charge >= 0.3 is 0 Å². The predicted molar refractivity (Wildman–Crippen MR) is 73.0 cm³/mol. The van der Waals surface area contributed by atoms with Crippen LogP contribution in [0.1, 0.15) is 18.9 Å². The Bertz CT molecular complexity index is 574. The SMILES string of the molecule is CCC(Cl)Cc1ccc(S(=O)(=O)NC)cc1[N+](=O)[O-]. The summed E-state index contributed by atoms with van der Waals surface area (Å²) in [6, 6.07) is 3.83. The standard InChI is InChI=1S/C11H15ClN2O4S/c1-3-9(12)6-8-4-5-10(19(17,18)13-2)7-11(8)14(15)16/h4-5,7,9,13H,3,6H2,1-2H3. The molecule has 0 aliphatic carbocycles. The second-order valence-electron chi connectivity index (χ2n) is 3.96. The van der Waals surface area contributed by atoms with E-state index in [4.69, 9.17) is 11.6 Å². The van der Waals surface area contributed by atoms with Crippen molar-refractivity contribution >= 4 is 27.3 Å². The molecule has 0 fully saturated rings. The van der Waals surface area contributed by atoms with E-state index in [1.807, 2.05) is 6.92 Å². The van der Waals surface area contributed by atoms with E-state index in [1.165, 1.54) is 19.2 Å². The molecule has 0 aliphatic rings. The lowest BCUT2D eigenvalue weighted by molar-refractivity contribution is -0.385. The highest BCUT2D eigenvalue weighted by Crippen LogP contribution is 2.25. The van der Waals surface area contributed by atoms with E-state index in [1.54, 1.807) is 0 Å². The summed E-state index contributed by atoms with van der Waals surface area (Å²) in [6.07, 6.45) is 1.00. The van der Waals surface area contributed by atoms with Gasteiger partial charge in [-0.1, -0.05) is 13.0 Å². The Morgan fingerprint density at radius 2 is 2.11 bits per heavy atom. The number of rotatable bonds is 6. The summed E-state index contributed by atoms with van der Waals surface area (Å²) >= 11 is 5.98. The average molecular weight is 307 g/mol. The number of sulfonamides is 1. The molecule has 106 valence electrons. The summed E-state index contributed by atoms with van der Waals surface area (Å²) in [4.78, 5) is 10.3. The number of nitrogens with one attached hydrogen (secondary N) is 1. The molecule has 0 amide bonds. The minimum absolute atomic E-state index is 0.131. The third-order valence-electron chi connectivity index (χ3n) is 2.72. The van der Waals surface area contributed by atoms with Crippen LogP contribution in [0.15, 0.2) is 23.1 Å². The lowest BCUT2D eigenvalue weighted by Crippen LogP contribution is -2.19. The first-order valence-corrected chi connectivity index (χ1v) is 7.58. The van der Waals surface area contributed by atoms with E-state index in [9.17, 15) is 18.5 Å². The average Bonchev–Trinajstić information content (AvgIpc) is 2.38. The number of nitrogens with zero attached hydrogens (tertiary/aromatic N) is 1. The van der Waals surface area contributed by atoms with Crippen LogP contribution in [0.3, 0.4) is 0 Å². The fourth-order valence-corrected chi connectivity index (χ4v) is 2.47. The van der Waals surface area contributed by atoms with Crippen LogP contribution in [-0.4, -0.2) is 25.8 Å². The van der Waals surface area contributed by atoms with Crippen molar-refractivity contribution in [3.8, 4) is 0 Å². The molecule has 1 rings (SSSR count). The van der Waals surface area contributed by atoms with Crippen molar-refractivity contribution in [2.75, 3.05) is 7.05 Å². The summed E-state index contributed by atoms with van der Waals surface area (Å²) in [5, 5.41) is 10.8. The molecule has 1 atom stereocenters. The van der Waals surface area contributed by atoms with Gasteiger partial charge in [-0.25, -0.2) is 13.1 Å². The first-order chi connectivity index (χ1) is 8.81. The summed E-state index contributed by atoms with van der Waals surface area (Å²) < 4.78 is 25.3. The van der Waals surface area contributed by atoms with Gasteiger partial charge in [0.25, 0.3) is 5.69 Å². The lowest BCUT2D eigenvalue weighted by atomic mass is 10.1. The maximum Gasteiger partial charge on any atom is 0.273 e. The zero-order chi connectivity index (χ0) is 14.6. The van der Waals surface area contributed by atoms with Crippen LogP contribution in [-0.2, 0) is 16.4 Å². The normalized spacial score (nSPS) is 13.2. The van der Waals surface area contributed by atoms with Gasteiger partial charge in [0.1, 0.15) is 0 Å². The highest BCUT2D eigenvalue weighted by molar-refractivity contribution is 7.89. The molecule has 0 saturated carbocycles. The van der Waals surface area contributed by atoms with Gasteiger partial charge in [0.2, 0.25) is 10.0 Å². The van der Waals surface area contributed by atoms with Crippen molar-refractivity contribution in [2.24, 2.45) is 0 Å². The summed E-state index contributed by atoms with van der Waals surface area (Å²) in [6.45, 7) is 1.88. The van der Waals surface area contributed by atoms with Gasteiger partial charge in [-0.05, 0) is 26.0 Å². The van der Waals surface area contributed by atoms with Gasteiger partial charge in [-0.3, -0.25) is 10.1 Å². The van der Waals surface area contributed by atoms with Gasteiger partial charge in [0.15, 0.2) is 0 Å². The van der Waals surface area contributed by atoms with Crippen LogP contribution >= 0.6 is 11.6 Å². The molecule has 1 aromatic carbocycles. The largest absolute Gasteiger partial charge is 0.273 e. The van der Waals surface area contributed by atoms with Crippen molar-refractivity contribution in [3.05, 3.63) is 33.9 Å². The fourth-order valence-electron chi connectivity index (χ4n) is 1.55. The minimum Gasteiger partial charge on any atom is -0.258 e. The predicted octanol–water partition coefficient (Wildman–Crippen LogP) is 2.06. The molecule has 0 aliphatic heterocycles. The fraction of sp³-hybridized carbons (Fsp3) is 0.455. The number of hydrogen-bond acceptors (Lipinski definition) is 4. The zero-order valence-electron chi connectivity index (χ0n) is 10.6. The number of halogens is 1. The molecular formula is C11H15ClN2O4S. The Morgan fingerprint density at radius 1 is 1.47 bits per heavy atom.